The Labute approximate surface area is 210 Å². The van der Waals surface area contributed by atoms with Crippen molar-refractivity contribution in [3.05, 3.63) is 82.5 Å². The van der Waals surface area contributed by atoms with Gasteiger partial charge in [-0.3, -0.25) is 14.4 Å². The van der Waals surface area contributed by atoms with Crippen LogP contribution in [0.3, 0.4) is 0 Å². The lowest BCUT2D eigenvalue weighted by molar-refractivity contribution is -0.134. The number of likely N-dealkylation sites (N-methyl/N-ethyl adjacent to an activating group) is 1. The summed E-state index contributed by atoms with van der Waals surface area (Å²) in [5.74, 6) is -1.28. The van der Waals surface area contributed by atoms with Crippen LogP contribution in [0.25, 0.3) is 10.9 Å². The van der Waals surface area contributed by atoms with Crippen LogP contribution in [0.4, 0.5) is 23.2 Å². The molecule has 1 radical (unpaired) electrons. The molecule has 197 valence electrons. The second-order valence-corrected chi connectivity index (χ2v) is 8.70. The Morgan fingerprint density at radius 3 is 2.62 bits per heavy atom. The van der Waals surface area contributed by atoms with Crippen LogP contribution in [0, 0.1) is 12.2 Å². The average Bonchev–Trinajstić information content (AvgIpc) is 3.21. The number of amides is 2. The van der Waals surface area contributed by atoms with Crippen LogP contribution in [0.5, 0.6) is 0 Å². The number of anilines is 1. The summed E-state index contributed by atoms with van der Waals surface area (Å²) in [6.45, 7) is 0.0337. The average molecular weight is 520 g/mol. The topological polar surface area (TPSA) is 87.2 Å². The van der Waals surface area contributed by atoms with Gasteiger partial charge in [-0.2, -0.15) is 13.2 Å². The highest BCUT2D eigenvalue weighted by molar-refractivity contribution is 5.96. The predicted molar refractivity (Wildman–Crippen MR) is 132 cm³/mol. The molecule has 0 aliphatic heterocycles. The molecule has 1 aromatic carbocycles. The molecular weight excluding hydrogens is 492 g/mol. The number of nitrogens with zero attached hydrogens (tertiary/aromatic N) is 2. The van der Waals surface area contributed by atoms with Crippen molar-refractivity contribution in [3.8, 4) is 0 Å². The first-order chi connectivity index (χ1) is 17.4. The molecule has 0 atom stereocenters. The third kappa shape index (κ3) is 8.06. The molecule has 0 saturated carbocycles. The molecule has 2 aromatic heterocycles. The van der Waals surface area contributed by atoms with Crippen molar-refractivity contribution >= 4 is 28.4 Å². The highest BCUT2D eigenvalue weighted by atomic mass is 19.4. The van der Waals surface area contributed by atoms with Gasteiger partial charge in [0.2, 0.25) is 11.8 Å². The van der Waals surface area contributed by atoms with Crippen LogP contribution < -0.4 is 10.9 Å². The molecule has 2 amide bonds. The monoisotopic (exact) mass is 519 g/mol. The van der Waals surface area contributed by atoms with Crippen molar-refractivity contribution in [1.82, 2.24) is 14.5 Å². The van der Waals surface area contributed by atoms with E-state index in [1.54, 1.807) is 32.3 Å². The largest absolute Gasteiger partial charge is 0.389 e. The number of aromatic nitrogens is 2. The molecular formula is C26H27F4N4O3. The Morgan fingerprint density at radius 1 is 1.16 bits per heavy atom. The number of benzene rings is 1. The van der Waals surface area contributed by atoms with Crippen molar-refractivity contribution in [2.24, 2.45) is 0 Å². The van der Waals surface area contributed by atoms with Crippen molar-refractivity contribution in [2.75, 3.05) is 19.4 Å². The highest BCUT2D eigenvalue weighted by Crippen LogP contribution is 2.27. The standard InChI is InChI=1S/C26H27F4N4O3/c1-33(2)23(36)9-5-3-4-8-22(35)32-21-7-6-12-34(25(21)37)16-20-15-18-14-19(27)13-17(24(18)31-20)10-11-26(28,29)30/h5-9,12-15,31H,3-4,10-11,16H2,1-2H3,(H,32,35)/b9-5+. The van der Waals surface area contributed by atoms with E-state index in [-0.39, 0.29) is 30.1 Å². The first kappa shape index (κ1) is 27.7. The van der Waals surface area contributed by atoms with Crippen molar-refractivity contribution < 1.29 is 27.2 Å². The molecule has 0 saturated heterocycles. The van der Waals surface area contributed by atoms with Gasteiger partial charge in [0, 0.05) is 43.3 Å². The van der Waals surface area contributed by atoms with E-state index in [0.717, 1.165) is 6.07 Å². The molecule has 0 unspecified atom stereocenters. The van der Waals surface area contributed by atoms with Gasteiger partial charge >= 0.3 is 6.18 Å². The van der Waals surface area contributed by atoms with E-state index in [1.165, 1.54) is 40.3 Å². The smallest absolute Gasteiger partial charge is 0.357 e. The minimum atomic E-state index is -4.37. The van der Waals surface area contributed by atoms with Gasteiger partial charge in [0.1, 0.15) is 11.5 Å². The number of carbonyl (C=O) groups is 2. The number of halogens is 4. The van der Waals surface area contributed by atoms with Gasteiger partial charge in [-0.15, -0.1) is 0 Å². The maximum absolute atomic E-state index is 14.0. The molecule has 11 heteroatoms. The van der Waals surface area contributed by atoms with Gasteiger partial charge in [-0.1, -0.05) is 6.08 Å². The molecule has 37 heavy (non-hydrogen) atoms. The summed E-state index contributed by atoms with van der Waals surface area (Å²) in [5, 5.41) is 2.94. The number of rotatable bonds is 10. The quantitative estimate of drug-likeness (QED) is 0.234. The molecule has 0 spiro atoms. The fraction of sp³-hybridized carbons (Fsp3) is 0.308. The van der Waals surface area contributed by atoms with E-state index in [1.807, 2.05) is 0 Å². The summed E-state index contributed by atoms with van der Waals surface area (Å²) < 4.78 is 53.3. The van der Waals surface area contributed by atoms with E-state index in [4.69, 9.17) is 0 Å². The zero-order valence-corrected chi connectivity index (χ0v) is 20.4. The number of hydrogen-bond acceptors (Lipinski definition) is 3. The molecule has 0 aliphatic rings. The zero-order chi connectivity index (χ0) is 27.2. The fourth-order valence-corrected chi connectivity index (χ4v) is 3.66. The third-order valence-corrected chi connectivity index (χ3v) is 5.49. The van der Waals surface area contributed by atoms with E-state index >= 15 is 0 Å². The highest BCUT2D eigenvalue weighted by Gasteiger charge is 2.27. The molecule has 0 fully saturated rings. The van der Waals surface area contributed by atoms with E-state index in [9.17, 15) is 31.9 Å². The van der Waals surface area contributed by atoms with Crippen molar-refractivity contribution in [2.45, 2.75) is 38.4 Å². The van der Waals surface area contributed by atoms with Gasteiger partial charge in [0.05, 0.1) is 13.0 Å². The number of unbranched alkanes of at least 4 members (excludes halogenated alkanes) is 1. The Balaban J connectivity index is 1.67. The second kappa shape index (κ2) is 11.9. The number of carbonyl (C=O) groups excluding carboxylic acids is 2. The predicted octanol–water partition coefficient (Wildman–Crippen LogP) is 4.58. The fourth-order valence-electron chi connectivity index (χ4n) is 3.66. The molecule has 0 aliphatic carbocycles. The molecule has 3 aromatic rings. The Kier molecular flexibility index (Phi) is 8.90. The van der Waals surface area contributed by atoms with Crippen LogP contribution in [-0.4, -0.2) is 46.5 Å². The minimum Gasteiger partial charge on any atom is -0.357 e. The lowest BCUT2D eigenvalue weighted by Crippen LogP contribution is -2.26. The van der Waals surface area contributed by atoms with Gasteiger partial charge in [0.25, 0.3) is 5.56 Å². The summed E-state index contributed by atoms with van der Waals surface area (Å²) in [5.41, 5.74) is 0.639. The van der Waals surface area contributed by atoms with Crippen molar-refractivity contribution in [3.63, 3.8) is 0 Å². The molecule has 0 bridgehead atoms. The number of aryl methyl sites for hydroxylation is 1. The number of nitrogens with one attached hydrogen (secondary N) is 2. The summed E-state index contributed by atoms with van der Waals surface area (Å²) in [7, 11) is 3.26. The summed E-state index contributed by atoms with van der Waals surface area (Å²) >= 11 is 0. The minimum absolute atomic E-state index is 0.0337. The SMILES string of the molecule is CN(C)C(=O)/C=C/CC[CH]C(=O)Nc1cccn(Cc2cc3cc(F)cc(CCC(F)(F)F)c3[nH]2)c1=O. The number of aromatic amines is 1. The molecule has 2 N–H and O–H groups in total. The number of H-pyrrole nitrogens is 1. The van der Waals surface area contributed by atoms with E-state index in [0.29, 0.717) is 29.4 Å². The number of fused-ring (bicyclic) bond motifs is 1. The normalized spacial score (nSPS) is 11.8. The van der Waals surface area contributed by atoms with Crippen molar-refractivity contribution in [1.29, 1.82) is 0 Å². The lowest BCUT2D eigenvalue weighted by atomic mass is 10.1. The number of alkyl halides is 3. The molecule has 7 nitrogen and oxygen atoms in total. The third-order valence-electron chi connectivity index (χ3n) is 5.49. The lowest BCUT2D eigenvalue weighted by Gasteiger charge is -2.09. The maximum Gasteiger partial charge on any atom is 0.389 e. The summed E-state index contributed by atoms with van der Waals surface area (Å²) in [4.78, 5) is 41.0. The van der Waals surface area contributed by atoms with Gasteiger partial charge < -0.3 is 19.8 Å². The van der Waals surface area contributed by atoms with Gasteiger partial charge in [-0.05, 0) is 61.2 Å². The number of allylic oxidation sites excluding steroid dienone is 1. The van der Waals surface area contributed by atoms with Gasteiger partial charge in [-0.25, -0.2) is 4.39 Å². The first-order valence-electron chi connectivity index (χ1n) is 11.5. The van der Waals surface area contributed by atoms with Crippen LogP contribution in [0.2, 0.25) is 0 Å². The Bertz CT molecular complexity index is 1360. The van der Waals surface area contributed by atoms with Crippen LogP contribution in [0.1, 0.15) is 30.5 Å². The maximum atomic E-state index is 14.0. The number of pyridine rings is 1. The second-order valence-electron chi connectivity index (χ2n) is 8.70. The zero-order valence-electron chi connectivity index (χ0n) is 20.4. The van der Waals surface area contributed by atoms with Crippen LogP contribution in [0.15, 0.2) is 53.5 Å². The van der Waals surface area contributed by atoms with Crippen LogP contribution >= 0.6 is 0 Å². The molecule has 3 rings (SSSR count). The van der Waals surface area contributed by atoms with Gasteiger partial charge in [0.15, 0.2) is 0 Å². The Hall–Kier alpha value is -3.89. The van der Waals surface area contributed by atoms with E-state index < -0.39 is 29.9 Å². The molecule has 2 heterocycles. The van der Waals surface area contributed by atoms with Crippen LogP contribution in [-0.2, 0) is 22.6 Å². The summed E-state index contributed by atoms with van der Waals surface area (Å²) in [6, 6.07) is 6.89. The number of hydrogen-bond donors (Lipinski definition) is 2. The summed E-state index contributed by atoms with van der Waals surface area (Å²) in [6.07, 6.45) is 0.957. The van der Waals surface area contributed by atoms with E-state index in [2.05, 4.69) is 10.3 Å². The Morgan fingerprint density at radius 2 is 1.92 bits per heavy atom. The first-order valence-corrected chi connectivity index (χ1v) is 11.5.